The second-order valence-corrected chi connectivity index (χ2v) is 4.22. The van der Waals surface area contributed by atoms with Gasteiger partial charge in [-0.2, -0.15) is 0 Å². The van der Waals surface area contributed by atoms with Crippen LogP contribution in [0.5, 0.6) is 0 Å². The Hall–Kier alpha value is -1.14. The number of rotatable bonds is 3. The van der Waals surface area contributed by atoms with E-state index in [9.17, 15) is 14.7 Å². The van der Waals surface area contributed by atoms with E-state index in [4.69, 9.17) is 0 Å². The number of hydrogen-bond acceptors (Lipinski definition) is 5. The molecule has 0 aliphatic rings. The average Bonchev–Trinajstić information content (AvgIpc) is 1.76. The molecule has 0 aliphatic carbocycles. The first kappa shape index (κ1) is 16.3. The molecule has 0 heterocycles. The van der Waals surface area contributed by atoms with Crippen molar-refractivity contribution in [3.05, 3.63) is 0 Å². The lowest BCUT2D eigenvalue weighted by molar-refractivity contribution is -0.864. The zero-order chi connectivity index (χ0) is 12.6. The zero-order valence-corrected chi connectivity index (χ0v) is 10.2. The van der Waals surface area contributed by atoms with E-state index < -0.39 is 5.97 Å². The maximum atomic E-state index is 9.99. The predicted molar refractivity (Wildman–Crippen MR) is 53.4 cm³/mol. The molecular formula is C9H20N2O4. The number of carboxylic acid groups (broad SMARTS) is 1. The van der Waals surface area contributed by atoms with Gasteiger partial charge in [-0.3, -0.25) is 4.79 Å². The summed E-state index contributed by atoms with van der Waals surface area (Å²) in [5.74, 6) is -1.29. The SMILES string of the molecule is CC(=O)ON(C)C.C[N+](C)(C)CC(=O)[O-]. The molecule has 0 aromatic carbocycles. The van der Waals surface area contributed by atoms with Gasteiger partial charge in [0.2, 0.25) is 0 Å². The van der Waals surface area contributed by atoms with E-state index in [1.165, 1.54) is 12.0 Å². The first-order valence-corrected chi connectivity index (χ1v) is 4.40. The molecule has 0 atom stereocenters. The molecule has 0 aromatic rings. The number of carbonyl (C=O) groups excluding carboxylic acids is 2. The van der Waals surface area contributed by atoms with Gasteiger partial charge in [-0.05, 0) is 0 Å². The van der Waals surface area contributed by atoms with Gasteiger partial charge < -0.3 is 19.2 Å². The largest absolute Gasteiger partial charge is 0.544 e. The van der Waals surface area contributed by atoms with Crippen LogP contribution in [0.1, 0.15) is 6.92 Å². The lowest BCUT2D eigenvalue weighted by Crippen LogP contribution is -2.45. The van der Waals surface area contributed by atoms with Gasteiger partial charge in [0.15, 0.2) is 0 Å². The van der Waals surface area contributed by atoms with Gasteiger partial charge >= 0.3 is 5.97 Å². The van der Waals surface area contributed by atoms with Crippen molar-refractivity contribution in [2.45, 2.75) is 6.92 Å². The Bertz CT molecular complexity index is 209. The molecule has 0 bridgehead atoms. The number of quaternary nitrogens is 1. The summed E-state index contributed by atoms with van der Waals surface area (Å²) in [5, 5.41) is 11.2. The van der Waals surface area contributed by atoms with E-state index in [-0.39, 0.29) is 12.5 Å². The summed E-state index contributed by atoms with van der Waals surface area (Å²) in [6, 6.07) is 0. The van der Waals surface area contributed by atoms with Gasteiger partial charge in [-0.25, -0.2) is 0 Å². The Morgan fingerprint density at radius 1 is 1.27 bits per heavy atom. The third-order valence-electron chi connectivity index (χ3n) is 0.915. The summed E-state index contributed by atoms with van der Waals surface area (Å²) in [5.41, 5.74) is 0. The van der Waals surface area contributed by atoms with Crippen molar-refractivity contribution in [3.63, 3.8) is 0 Å². The molecule has 0 saturated carbocycles. The second-order valence-electron chi connectivity index (χ2n) is 4.22. The van der Waals surface area contributed by atoms with Gasteiger partial charge in [-0.15, -0.1) is 5.06 Å². The Morgan fingerprint density at radius 3 is 1.67 bits per heavy atom. The van der Waals surface area contributed by atoms with Crippen molar-refractivity contribution < 1.29 is 24.0 Å². The van der Waals surface area contributed by atoms with E-state index in [0.29, 0.717) is 4.48 Å². The Labute approximate surface area is 90.6 Å². The molecule has 0 rings (SSSR count). The molecule has 0 saturated heterocycles. The summed E-state index contributed by atoms with van der Waals surface area (Å²) in [6.07, 6.45) is 0. The van der Waals surface area contributed by atoms with Crippen LogP contribution in [-0.2, 0) is 14.4 Å². The third kappa shape index (κ3) is 24.6. The standard InChI is InChI=1S/C5H11NO2.C4H9NO2/c1-6(2,3)4-5(7)8;1-4(6)7-5(2)3/h4H2,1-3H3;1-3H3. The summed E-state index contributed by atoms with van der Waals surface area (Å²) in [4.78, 5) is 24.3. The molecule has 0 fully saturated rings. The second kappa shape index (κ2) is 7.19. The highest BCUT2D eigenvalue weighted by Gasteiger charge is 2.04. The topological polar surface area (TPSA) is 69.7 Å². The van der Waals surface area contributed by atoms with Crippen molar-refractivity contribution in [1.29, 1.82) is 0 Å². The highest BCUT2D eigenvalue weighted by atomic mass is 16.7. The number of likely N-dealkylation sites (N-methyl/N-ethyl adjacent to an activating group) is 1. The lowest BCUT2D eigenvalue weighted by atomic mass is 10.5. The van der Waals surface area contributed by atoms with Gasteiger partial charge in [0, 0.05) is 21.0 Å². The molecule has 6 heteroatoms. The molecule has 0 amide bonds. The minimum atomic E-state index is -1.00. The Balaban J connectivity index is 0. The zero-order valence-electron chi connectivity index (χ0n) is 10.2. The molecule has 0 radical (unpaired) electrons. The van der Waals surface area contributed by atoms with Crippen LogP contribution in [0.2, 0.25) is 0 Å². The molecule has 0 spiro atoms. The maximum absolute atomic E-state index is 9.99. The van der Waals surface area contributed by atoms with E-state index in [0.717, 1.165) is 0 Å². The minimum Gasteiger partial charge on any atom is -0.544 e. The smallest absolute Gasteiger partial charge is 0.321 e. The average molecular weight is 220 g/mol. The summed E-state index contributed by atoms with van der Waals surface area (Å²) in [6.45, 7) is 1.43. The van der Waals surface area contributed by atoms with Crippen molar-refractivity contribution in [2.24, 2.45) is 0 Å². The van der Waals surface area contributed by atoms with Crippen LogP contribution >= 0.6 is 0 Å². The summed E-state index contributed by atoms with van der Waals surface area (Å²) >= 11 is 0. The third-order valence-corrected chi connectivity index (χ3v) is 0.915. The number of hydrogen-bond donors (Lipinski definition) is 0. The molecule has 0 N–H and O–H groups in total. The van der Waals surface area contributed by atoms with Gasteiger partial charge in [0.1, 0.15) is 6.54 Å². The molecule has 0 aliphatic heterocycles. The first-order chi connectivity index (χ1) is 6.54. The fourth-order valence-electron chi connectivity index (χ4n) is 0.644. The summed E-state index contributed by atoms with van der Waals surface area (Å²) < 4.78 is 0.419. The number of carboxylic acids is 1. The van der Waals surface area contributed by atoms with Crippen LogP contribution < -0.4 is 5.11 Å². The van der Waals surface area contributed by atoms with E-state index >= 15 is 0 Å². The normalized spacial score (nSPS) is 10.3. The van der Waals surface area contributed by atoms with Crippen molar-refractivity contribution in [2.75, 3.05) is 41.8 Å². The molecular weight excluding hydrogens is 200 g/mol. The maximum Gasteiger partial charge on any atom is 0.321 e. The highest BCUT2D eigenvalue weighted by molar-refractivity contribution is 5.65. The van der Waals surface area contributed by atoms with Crippen LogP contribution in [0.3, 0.4) is 0 Å². The fraction of sp³-hybridized carbons (Fsp3) is 0.778. The van der Waals surface area contributed by atoms with E-state index in [2.05, 4.69) is 4.84 Å². The van der Waals surface area contributed by atoms with Crippen molar-refractivity contribution >= 4 is 11.9 Å². The lowest BCUT2D eigenvalue weighted by Gasteiger charge is -2.23. The van der Waals surface area contributed by atoms with Crippen LogP contribution in [-0.4, -0.2) is 63.3 Å². The Morgan fingerprint density at radius 2 is 1.67 bits per heavy atom. The quantitative estimate of drug-likeness (QED) is 0.426. The monoisotopic (exact) mass is 220 g/mol. The van der Waals surface area contributed by atoms with Gasteiger partial charge in [0.25, 0.3) is 0 Å². The number of hydroxylamine groups is 2. The first-order valence-electron chi connectivity index (χ1n) is 4.40. The van der Waals surface area contributed by atoms with Crippen LogP contribution in [0.15, 0.2) is 0 Å². The van der Waals surface area contributed by atoms with Gasteiger partial charge in [-0.1, -0.05) is 0 Å². The van der Waals surface area contributed by atoms with Crippen LogP contribution in [0.25, 0.3) is 0 Å². The molecule has 0 unspecified atom stereocenters. The molecule has 15 heavy (non-hydrogen) atoms. The fourth-order valence-corrected chi connectivity index (χ4v) is 0.644. The van der Waals surface area contributed by atoms with Crippen LogP contribution in [0, 0.1) is 0 Å². The van der Waals surface area contributed by atoms with Crippen LogP contribution in [0.4, 0.5) is 0 Å². The van der Waals surface area contributed by atoms with E-state index in [1.807, 2.05) is 0 Å². The number of nitrogens with zero attached hydrogens (tertiary/aromatic N) is 2. The van der Waals surface area contributed by atoms with Crippen molar-refractivity contribution in [1.82, 2.24) is 5.06 Å². The number of carbonyl (C=O) groups is 2. The number of aliphatic carboxylic acids is 1. The van der Waals surface area contributed by atoms with Crippen molar-refractivity contribution in [3.8, 4) is 0 Å². The Kier molecular flexibility index (Phi) is 7.81. The molecule has 6 nitrogen and oxygen atoms in total. The highest BCUT2D eigenvalue weighted by Crippen LogP contribution is 1.84. The van der Waals surface area contributed by atoms with E-state index in [1.54, 1.807) is 35.2 Å². The molecule has 0 aromatic heterocycles. The van der Waals surface area contributed by atoms with Gasteiger partial charge in [0.05, 0.1) is 27.1 Å². The predicted octanol–water partition coefficient (Wildman–Crippen LogP) is -1.53. The molecule has 90 valence electrons. The minimum absolute atomic E-state index is 0.0694. The summed E-state index contributed by atoms with van der Waals surface area (Å²) in [7, 11) is 8.71.